The molecule has 0 spiro atoms. The maximum Gasteiger partial charge on any atom is 0.0921 e. The molecule has 0 fully saturated rings. The number of benzene rings is 1. The van der Waals surface area contributed by atoms with E-state index in [1.165, 1.54) is 21.6 Å². The zero-order valence-corrected chi connectivity index (χ0v) is 12.4. The van der Waals surface area contributed by atoms with Crippen LogP contribution < -0.4 is 0 Å². The molecule has 1 atom stereocenters. The van der Waals surface area contributed by atoms with Crippen LogP contribution in [0.4, 0.5) is 0 Å². The molecule has 2 heterocycles. The van der Waals surface area contributed by atoms with E-state index in [1.54, 1.807) is 17.9 Å². The minimum absolute atomic E-state index is 0.304. The second-order valence-electron chi connectivity index (χ2n) is 5.03. The smallest absolute Gasteiger partial charge is 0.0921 e. The molecule has 3 aromatic rings. The molecule has 1 N–H and O–H groups in total. The molecule has 0 radical (unpaired) electrons. The highest BCUT2D eigenvalue weighted by Crippen LogP contribution is 2.31. The van der Waals surface area contributed by atoms with Crippen LogP contribution in [0.15, 0.2) is 43.0 Å². The van der Waals surface area contributed by atoms with Gasteiger partial charge < -0.3 is 4.98 Å². The topological polar surface area (TPSA) is 41.6 Å². The first kappa shape index (κ1) is 13.1. The highest BCUT2D eigenvalue weighted by atomic mass is 32.1. The number of aromatic nitrogens is 3. The summed E-state index contributed by atoms with van der Waals surface area (Å²) in [4.78, 5) is 8.75. The Balaban J connectivity index is 2.03. The summed E-state index contributed by atoms with van der Waals surface area (Å²) in [6, 6.07) is 8.61. The molecule has 3 nitrogen and oxygen atoms in total. The van der Waals surface area contributed by atoms with Crippen LogP contribution in [0.3, 0.4) is 0 Å². The van der Waals surface area contributed by atoms with Crippen molar-refractivity contribution >= 4 is 11.5 Å². The number of hydrogen-bond donors (Lipinski definition) is 1. The van der Waals surface area contributed by atoms with Crippen molar-refractivity contribution in [3.05, 3.63) is 70.2 Å². The molecule has 4 heteroatoms. The summed E-state index contributed by atoms with van der Waals surface area (Å²) in [6.45, 7) is 4.36. The van der Waals surface area contributed by atoms with Gasteiger partial charge in [0.1, 0.15) is 0 Å². The Morgan fingerprint density at radius 3 is 2.85 bits per heavy atom. The summed E-state index contributed by atoms with van der Waals surface area (Å²) in [6.07, 6.45) is 6.50. The fraction of sp³-hybridized carbons (Fsp3) is 0.250. The van der Waals surface area contributed by atoms with Gasteiger partial charge in [-0.25, -0.2) is 9.36 Å². The number of hydrogen-bond acceptors (Lipinski definition) is 3. The lowest BCUT2D eigenvalue weighted by Crippen LogP contribution is -2.07. The van der Waals surface area contributed by atoms with Crippen LogP contribution in [0.25, 0.3) is 0 Å². The van der Waals surface area contributed by atoms with Crippen molar-refractivity contribution in [3.8, 4) is 0 Å². The predicted molar refractivity (Wildman–Crippen MR) is 82.2 cm³/mol. The molecular formula is C16H17N3S. The zero-order valence-electron chi connectivity index (χ0n) is 11.6. The predicted octanol–water partition coefficient (Wildman–Crippen LogP) is 3.86. The third-order valence-corrected chi connectivity index (χ3v) is 4.58. The summed E-state index contributed by atoms with van der Waals surface area (Å²) >= 11 is 1.57. The van der Waals surface area contributed by atoms with Gasteiger partial charge in [0.05, 0.1) is 6.33 Å². The zero-order chi connectivity index (χ0) is 13.9. The van der Waals surface area contributed by atoms with E-state index in [9.17, 15) is 0 Å². The second-order valence-corrected chi connectivity index (χ2v) is 5.95. The Morgan fingerprint density at radius 1 is 1.25 bits per heavy atom. The van der Waals surface area contributed by atoms with E-state index in [4.69, 9.17) is 0 Å². The Morgan fingerprint density at radius 2 is 2.15 bits per heavy atom. The quantitative estimate of drug-likeness (QED) is 0.790. The molecule has 3 rings (SSSR count). The first-order chi connectivity index (χ1) is 9.75. The molecule has 0 aliphatic carbocycles. The SMILES string of the molecule is Cc1cccc(C(Cc2ccns2)c2cnc[nH]2)c1C. The van der Waals surface area contributed by atoms with Gasteiger partial charge in [0, 0.05) is 28.9 Å². The third kappa shape index (κ3) is 2.51. The fourth-order valence-electron chi connectivity index (χ4n) is 2.54. The van der Waals surface area contributed by atoms with E-state index >= 15 is 0 Å². The van der Waals surface area contributed by atoms with Crippen LogP contribution in [0.1, 0.15) is 33.2 Å². The summed E-state index contributed by atoms with van der Waals surface area (Å²) in [5, 5.41) is 0. The molecule has 20 heavy (non-hydrogen) atoms. The highest BCUT2D eigenvalue weighted by Gasteiger charge is 2.19. The van der Waals surface area contributed by atoms with Crippen LogP contribution >= 0.6 is 11.5 Å². The molecular weight excluding hydrogens is 266 g/mol. The average molecular weight is 283 g/mol. The van der Waals surface area contributed by atoms with Crippen LogP contribution in [0.2, 0.25) is 0 Å². The van der Waals surface area contributed by atoms with Gasteiger partial charge in [-0.1, -0.05) is 18.2 Å². The van der Waals surface area contributed by atoms with E-state index in [-0.39, 0.29) is 0 Å². The Labute approximate surface area is 122 Å². The third-order valence-electron chi connectivity index (χ3n) is 3.81. The first-order valence-electron chi connectivity index (χ1n) is 6.69. The van der Waals surface area contributed by atoms with Crippen LogP contribution in [0, 0.1) is 13.8 Å². The summed E-state index contributed by atoms with van der Waals surface area (Å²) in [5.74, 6) is 0.304. The first-order valence-corrected chi connectivity index (χ1v) is 7.47. The van der Waals surface area contributed by atoms with Gasteiger partial charge in [-0.3, -0.25) is 0 Å². The molecule has 0 saturated carbocycles. The van der Waals surface area contributed by atoms with Gasteiger partial charge in [0.25, 0.3) is 0 Å². The van der Waals surface area contributed by atoms with Gasteiger partial charge in [-0.2, -0.15) is 0 Å². The number of nitrogens with one attached hydrogen (secondary N) is 1. The number of nitrogens with zero attached hydrogens (tertiary/aromatic N) is 2. The molecule has 2 aromatic heterocycles. The Bertz CT molecular complexity index is 672. The van der Waals surface area contributed by atoms with E-state index in [2.05, 4.69) is 52.5 Å². The molecule has 102 valence electrons. The van der Waals surface area contributed by atoms with Gasteiger partial charge in [-0.15, -0.1) is 0 Å². The monoisotopic (exact) mass is 283 g/mol. The maximum absolute atomic E-state index is 4.21. The normalized spacial score (nSPS) is 12.5. The minimum atomic E-state index is 0.304. The lowest BCUT2D eigenvalue weighted by atomic mass is 9.87. The van der Waals surface area contributed by atoms with Gasteiger partial charge >= 0.3 is 0 Å². The molecule has 0 amide bonds. The Hall–Kier alpha value is -1.94. The summed E-state index contributed by atoms with van der Waals surface area (Å²) < 4.78 is 4.21. The summed E-state index contributed by atoms with van der Waals surface area (Å²) in [5.41, 5.74) is 5.21. The molecule has 0 bridgehead atoms. The van der Waals surface area contributed by atoms with Gasteiger partial charge in [0.15, 0.2) is 0 Å². The number of aryl methyl sites for hydroxylation is 1. The van der Waals surface area contributed by atoms with E-state index in [0.717, 1.165) is 12.1 Å². The lowest BCUT2D eigenvalue weighted by molar-refractivity contribution is 0.782. The van der Waals surface area contributed by atoms with Crippen molar-refractivity contribution in [2.45, 2.75) is 26.2 Å². The lowest BCUT2D eigenvalue weighted by Gasteiger charge is -2.18. The molecule has 0 aliphatic heterocycles. The average Bonchev–Trinajstić information content (AvgIpc) is 3.11. The molecule has 1 aromatic carbocycles. The van der Waals surface area contributed by atoms with E-state index in [1.807, 2.05) is 12.4 Å². The van der Waals surface area contributed by atoms with Crippen LogP contribution in [-0.4, -0.2) is 14.3 Å². The van der Waals surface area contributed by atoms with Crippen molar-refractivity contribution in [3.63, 3.8) is 0 Å². The van der Waals surface area contributed by atoms with Crippen molar-refractivity contribution in [2.75, 3.05) is 0 Å². The van der Waals surface area contributed by atoms with Gasteiger partial charge in [-0.05, 0) is 54.6 Å². The molecule has 1 unspecified atom stereocenters. The summed E-state index contributed by atoms with van der Waals surface area (Å²) in [7, 11) is 0. The van der Waals surface area contributed by atoms with Crippen molar-refractivity contribution in [1.82, 2.24) is 14.3 Å². The van der Waals surface area contributed by atoms with Crippen LogP contribution in [-0.2, 0) is 6.42 Å². The molecule has 0 saturated heterocycles. The number of imidazole rings is 1. The number of rotatable bonds is 4. The van der Waals surface area contributed by atoms with Crippen molar-refractivity contribution in [1.29, 1.82) is 0 Å². The van der Waals surface area contributed by atoms with Crippen molar-refractivity contribution < 1.29 is 0 Å². The fourth-order valence-corrected chi connectivity index (χ4v) is 3.16. The highest BCUT2D eigenvalue weighted by molar-refractivity contribution is 7.05. The number of H-pyrrole nitrogens is 1. The maximum atomic E-state index is 4.21. The minimum Gasteiger partial charge on any atom is -0.348 e. The van der Waals surface area contributed by atoms with Gasteiger partial charge in [0.2, 0.25) is 0 Å². The van der Waals surface area contributed by atoms with E-state index in [0.29, 0.717) is 5.92 Å². The number of aromatic amines is 1. The largest absolute Gasteiger partial charge is 0.348 e. The second kappa shape index (κ2) is 5.59. The molecule has 0 aliphatic rings. The Kier molecular flexibility index (Phi) is 3.65. The van der Waals surface area contributed by atoms with Crippen molar-refractivity contribution in [2.24, 2.45) is 0 Å². The van der Waals surface area contributed by atoms with Crippen LogP contribution in [0.5, 0.6) is 0 Å². The van der Waals surface area contributed by atoms with E-state index < -0.39 is 0 Å². The standard InChI is InChI=1S/C16H17N3S/c1-11-4-3-5-14(12(11)2)15(16-9-17-10-18-16)8-13-6-7-19-20-13/h3-7,9-10,15H,8H2,1-2H3,(H,17,18).